The minimum Gasteiger partial charge on any atom is -0.271 e. The average molecular weight is 226 g/mol. The molecule has 0 amide bonds. The summed E-state index contributed by atoms with van der Waals surface area (Å²) < 4.78 is 0. The van der Waals surface area contributed by atoms with E-state index in [-0.39, 0.29) is 0 Å². The normalized spacial score (nSPS) is 33.0. The highest BCUT2D eigenvalue weighted by Gasteiger charge is 2.29. The topological polar surface area (TPSA) is 38.0 Å². The van der Waals surface area contributed by atoms with Crippen LogP contribution in [0.1, 0.15) is 59.8 Å². The first-order chi connectivity index (χ1) is 7.54. The molecule has 0 heterocycles. The van der Waals surface area contributed by atoms with E-state index in [2.05, 4.69) is 33.1 Å². The van der Waals surface area contributed by atoms with Gasteiger partial charge in [0.25, 0.3) is 0 Å². The van der Waals surface area contributed by atoms with Crippen molar-refractivity contribution in [2.24, 2.45) is 29.5 Å². The van der Waals surface area contributed by atoms with E-state index in [9.17, 15) is 0 Å². The largest absolute Gasteiger partial charge is 0.271 e. The zero-order valence-corrected chi connectivity index (χ0v) is 11.5. The molecule has 0 aromatic rings. The van der Waals surface area contributed by atoms with Gasteiger partial charge in [0.15, 0.2) is 0 Å². The Morgan fingerprint density at radius 2 is 1.81 bits per heavy atom. The smallest absolute Gasteiger partial charge is 0.0238 e. The Hall–Kier alpha value is -0.0800. The summed E-state index contributed by atoms with van der Waals surface area (Å²) >= 11 is 0. The lowest BCUT2D eigenvalue weighted by Crippen LogP contribution is -2.43. The molecular weight excluding hydrogens is 196 g/mol. The van der Waals surface area contributed by atoms with Crippen molar-refractivity contribution in [1.29, 1.82) is 0 Å². The molecule has 0 aliphatic heterocycles. The Bertz CT molecular complexity index is 191. The van der Waals surface area contributed by atoms with Crippen LogP contribution in [0.4, 0.5) is 0 Å². The monoisotopic (exact) mass is 226 g/mol. The third-order valence-corrected chi connectivity index (χ3v) is 4.48. The second-order valence-corrected chi connectivity index (χ2v) is 6.27. The van der Waals surface area contributed by atoms with Gasteiger partial charge in [0, 0.05) is 6.04 Å². The van der Waals surface area contributed by atoms with Crippen LogP contribution in [0.2, 0.25) is 0 Å². The highest BCUT2D eigenvalue weighted by atomic mass is 15.2. The van der Waals surface area contributed by atoms with Gasteiger partial charge >= 0.3 is 0 Å². The number of rotatable bonds is 5. The van der Waals surface area contributed by atoms with E-state index < -0.39 is 0 Å². The van der Waals surface area contributed by atoms with Crippen molar-refractivity contribution >= 4 is 0 Å². The van der Waals surface area contributed by atoms with Crippen molar-refractivity contribution in [2.75, 3.05) is 0 Å². The summed E-state index contributed by atoms with van der Waals surface area (Å²) in [5.74, 6) is 9.08. The molecule has 1 rings (SSSR count). The lowest BCUT2D eigenvalue weighted by Gasteiger charge is -2.36. The van der Waals surface area contributed by atoms with Crippen LogP contribution in [-0.4, -0.2) is 6.04 Å². The van der Waals surface area contributed by atoms with E-state index in [0.717, 1.165) is 23.7 Å². The molecular formula is C14H30N2. The van der Waals surface area contributed by atoms with E-state index in [0.29, 0.717) is 6.04 Å². The maximum Gasteiger partial charge on any atom is 0.0238 e. The minimum absolute atomic E-state index is 0.539. The summed E-state index contributed by atoms with van der Waals surface area (Å²) in [7, 11) is 0. The van der Waals surface area contributed by atoms with Crippen molar-refractivity contribution in [3.05, 3.63) is 0 Å². The van der Waals surface area contributed by atoms with E-state index in [1.807, 2.05) is 0 Å². The Morgan fingerprint density at radius 1 is 1.12 bits per heavy atom. The Kier molecular flexibility index (Phi) is 5.77. The zero-order valence-electron chi connectivity index (χ0n) is 11.5. The second-order valence-electron chi connectivity index (χ2n) is 6.27. The van der Waals surface area contributed by atoms with Gasteiger partial charge in [-0.1, -0.05) is 34.1 Å². The minimum atomic E-state index is 0.539. The van der Waals surface area contributed by atoms with Gasteiger partial charge in [-0.2, -0.15) is 0 Å². The highest BCUT2D eigenvalue weighted by Crippen LogP contribution is 2.35. The van der Waals surface area contributed by atoms with Crippen molar-refractivity contribution in [2.45, 2.75) is 65.8 Å². The van der Waals surface area contributed by atoms with Crippen LogP contribution in [0.15, 0.2) is 0 Å². The van der Waals surface area contributed by atoms with E-state index in [4.69, 9.17) is 5.84 Å². The summed E-state index contributed by atoms with van der Waals surface area (Å²) in [6, 6.07) is 0.539. The van der Waals surface area contributed by atoms with Crippen LogP contribution < -0.4 is 11.3 Å². The molecule has 0 spiro atoms. The maximum absolute atomic E-state index is 5.72. The summed E-state index contributed by atoms with van der Waals surface area (Å²) in [5.41, 5.74) is 3.06. The second kappa shape index (κ2) is 6.61. The molecule has 1 saturated carbocycles. The standard InChI is InChI=1S/C14H30N2/c1-10(2)5-8-14(16-15)13-7-6-11(3)12(4)9-13/h10-14,16H,5-9,15H2,1-4H3. The van der Waals surface area contributed by atoms with Crippen molar-refractivity contribution in [3.8, 4) is 0 Å². The number of hydrazine groups is 1. The lowest BCUT2D eigenvalue weighted by molar-refractivity contribution is 0.163. The highest BCUT2D eigenvalue weighted by molar-refractivity contribution is 4.82. The van der Waals surface area contributed by atoms with Crippen molar-refractivity contribution < 1.29 is 0 Å². The predicted molar refractivity (Wildman–Crippen MR) is 70.9 cm³/mol. The fourth-order valence-electron chi connectivity index (χ4n) is 2.92. The summed E-state index contributed by atoms with van der Waals surface area (Å²) in [6.07, 6.45) is 6.62. The Labute approximate surface area is 101 Å². The molecule has 3 N–H and O–H groups in total. The molecule has 0 bridgehead atoms. The molecule has 2 nitrogen and oxygen atoms in total. The van der Waals surface area contributed by atoms with Gasteiger partial charge < -0.3 is 0 Å². The predicted octanol–water partition coefficient (Wildman–Crippen LogP) is 3.33. The van der Waals surface area contributed by atoms with Crippen molar-refractivity contribution in [3.63, 3.8) is 0 Å². The molecule has 0 aromatic carbocycles. The van der Waals surface area contributed by atoms with Gasteiger partial charge in [-0.05, 0) is 49.4 Å². The Balaban J connectivity index is 2.40. The molecule has 2 heteroatoms. The van der Waals surface area contributed by atoms with Gasteiger partial charge in [-0.15, -0.1) is 0 Å². The first kappa shape index (κ1) is 14.0. The Morgan fingerprint density at radius 3 is 2.31 bits per heavy atom. The molecule has 1 fully saturated rings. The van der Waals surface area contributed by atoms with Crippen LogP contribution in [0, 0.1) is 23.7 Å². The third kappa shape index (κ3) is 4.06. The average Bonchev–Trinajstić information content (AvgIpc) is 2.23. The van der Waals surface area contributed by atoms with Gasteiger partial charge in [-0.3, -0.25) is 11.3 Å². The molecule has 0 radical (unpaired) electrons. The quantitative estimate of drug-likeness (QED) is 0.557. The number of hydrogen-bond acceptors (Lipinski definition) is 2. The van der Waals surface area contributed by atoms with Crippen LogP contribution >= 0.6 is 0 Å². The van der Waals surface area contributed by atoms with E-state index in [1.165, 1.54) is 32.1 Å². The number of nitrogens with one attached hydrogen (secondary N) is 1. The van der Waals surface area contributed by atoms with Crippen LogP contribution in [-0.2, 0) is 0 Å². The van der Waals surface area contributed by atoms with E-state index >= 15 is 0 Å². The molecule has 0 saturated heterocycles. The molecule has 4 unspecified atom stereocenters. The number of hydrogen-bond donors (Lipinski definition) is 2. The molecule has 1 aliphatic carbocycles. The first-order valence-corrected chi connectivity index (χ1v) is 7.00. The third-order valence-electron chi connectivity index (χ3n) is 4.48. The van der Waals surface area contributed by atoms with E-state index in [1.54, 1.807) is 0 Å². The molecule has 0 aromatic heterocycles. The molecule has 4 atom stereocenters. The number of nitrogens with two attached hydrogens (primary N) is 1. The maximum atomic E-state index is 5.72. The van der Waals surface area contributed by atoms with Crippen LogP contribution in [0.5, 0.6) is 0 Å². The molecule has 1 aliphatic rings. The summed E-state index contributed by atoms with van der Waals surface area (Å²) in [4.78, 5) is 0. The first-order valence-electron chi connectivity index (χ1n) is 7.00. The summed E-state index contributed by atoms with van der Waals surface area (Å²) in [5, 5.41) is 0. The lowest BCUT2D eigenvalue weighted by atomic mass is 9.72. The van der Waals surface area contributed by atoms with Crippen LogP contribution in [0.3, 0.4) is 0 Å². The van der Waals surface area contributed by atoms with Gasteiger partial charge in [-0.25, -0.2) is 0 Å². The zero-order chi connectivity index (χ0) is 12.1. The molecule has 96 valence electrons. The summed E-state index contributed by atoms with van der Waals surface area (Å²) in [6.45, 7) is 9.37. The van der Waals surface area contributed by atoms with Crippen LogP contribution in [0.25, 0.3) is 0 Å². The fourth-order valence-corrected chi connectivity index (χ4v) is 2.92. The fraction of sp³-hybridized carbons (Fsp3) is 1.00. The SMILES string of the molecule is CC(C)CCC(NN)C1CCC(C)C(C)C1. The van der Waals surface area contributed by atoms with Crippen molar-refractivity contribution in [1.82, 2.24) is 5.43 Å². The van der Waals surface area contributed by atoms with Gasteiger partial charge in [0.2, 0.25) is 0 Å². The van der Waals surface area contributed by atoms with Gasteiger partial charge in [0.05, 0.1) is 0 Å². The molecule has 16 heavy (non-hydrogen) atoms. The van der Waals surface area contributed by atoms with Gasteiger partial charge in [0.1, 0.15) is 0 Å².